The number of aromatic amines is 1. The highest BCUT2D eigenvalue weighted by molar-refractivity contribution is 7.52. The first-order valence-corrected chi connectivity index (χ1v) is 13.6. The normalized spacial score (nSPS) is 24.9. The highest BCUT2D eigenvalue weighted by atomic mass is 31.2. The van der Waals surface area contributed by atoms with Crippen LogP contribution in [-0.2, 0) is 23.4 Å². The molecule has 3 aromatic rings. The van der Waals surface area contributed by atoms with Crippen LogP contribution >= 0.6 is 7.75 Å². The largest absolute Gasteiger partial charge is 0.462 e. The van der Waals surface area contributed by atoms with Gasteiger partial charge in [0.25, 0.3) is 5.56 Å². The number of anilines is 1. The SMILES string of the molecule is C#C[C@]1(CO[P@@](=O)(N[C@@H](C)C(=O)OC(C)C)Oc2ccccc2)O[C@@H](c2cnc3c(=O)[nH]c(N)nn23)[C@@H](O)C1O. The minimum absolute atomic E-state index is 0.0587. The first kappa shape index (κ1) is 29.2. The Kier molecular flexibility index (Phi) is 8.31. The molecule has 4 rings (SSSR count). The maximum absolute atomic E-state index is 13.8. The fourth-order valence-corrected chi connectivity index (χ4v) is 5.48. The Hall–Kier alpha value is -3.77. The van der Waals surface area contributed by atoms with E-state index in [0.717, 1.165) is 4.52 Å². The van der Waals surface area contributed by atoms with Crippen LogP contribution in [0.15, 0.2) is 41.3 Å². The number of hydrogen-bond donors (Lipinski definition) is 5. The summed E-state index contributed by atoms with van der Waals surface area (Å²) in [6.07, 6.45) is 1.73. The quantitative estimate of drug-likeness (QED) is 0.125. The molecule has 16 heteroatoms. The molecule has 1 fully saturated rings. The summed E-state index contributed by atoms with van der Waals surface area (Å²) in [5.41, 5.74) is 2.85. The maximum Gasteiger partial charge on any atom is 0.459 e. The Bertz CT molecular complexity index is 1520. The van der Waals surface area contributed by atoms with Gasteiger partial charge in [0, 0.05) is 0 Å². The summed E-state index contributed by atoms with van der Waals surface area (Å²) in [7, 11) is -4.39. The van der Waals surface area contributed by atoms with Gasteiger partial charge in [-0.15, -0.1) is 11.5 Å². The van der Waals surface area contributed by atoms with Crippen LogP contribution in [0.25, 0.3) is 5.65 Å². The van der Waals surface area contributed by atoms with Gasteiger partial charge in [0.05, 0.1) is 18.0 Å². The number of esters is 1. The molecule has 0 bridgehead atoms. The lowest BCUT2D eigenvalue weighted by molar-refractivity contribution is -0.149. The molecular formula is C24H29N6O9P. The van der Waals surface area contributed by atoms with E-state index < -0.39 is 61.9 Å². The van der Waals surface area contributed by atoms with Crippen molar-refractivity contribution in [2.24, 2.45) is 0 Å². The predicted octanol–water partition coefficient (Wildman–Crippen LogP) is 0.298. The van der Waals surface area contributed by atoms with Gasteiger partial charge in [-0.05, 0) is 32.9 Å². The van der Waals surface area contributed by atoms with E-state index in [-0.39, 0.29) is 23.0 Å². The molecule has 6 N–H and O–H groups in total. The number of rotatable bonds is 10. The summed E-state index contributed by atoms with van der Waals surface area (Å²) in [6.45, 7) is 3.95. The number of aromatic nitrogens is 4. The molecule has 1 saturated heterocycles. The molecule has 6 atom stereocenters. The van der Waals surface area contributed by atoms with E-state index in [1.807, 2.05) is 0 Å². The molecule has 15 nitrogen and oxygen atoms in total. The van der Waals surface area contributed by atoms with Gasteiger partial charge in [0.1, 0.15) is 36.7 Å². The lowest BCUT2D eigenvalue weighted by atomic mass is 9.96. The number of nitrogen functional groups attached to an aromatic ring is 1. The number of nitrogens with zero attached hydrogens (tertiary/aromatic N) is 3. The van der Waals surface area contributed by atoms with E-state index in [1.165, 1.54) is 25.3 Å². The molecule has 1 aliphatic rings. The summed E-state index contributed by atoms with van der Waals surface area (Å²) in [5, 5.41) is 28.3. The number of H-pyrrole nitrogens is 1. The topological polar surface area (TPSA) is 213 Å². The zero-order chi connectivity index (χ0) is 29.2. The number of nitrogens with one attached hydrogen (secondary N) is 2. The second-order valence-corrected chi connectivity index (χ2v) is 11.0. The highest BCUT2D eigenvalue weighted by Crippen LogP contribution is 2.48. The summed E-state index contributed by atoms with van der Waals surface area (Å²) in [6, 6.07) is 6.86. The molecule has 214 valence electrons. The minimum Gasteiger partial charge on any atom is -0.462 e. The smallest absolute Gasteiger partial charge is 0.459 e. The van der Waals surface area contributed by atoms with Crippen LogP contribution in [0.3, 0.4) is 0 Å². The lowest BCUT2D eigenvalue weighted by Crippen LogP contribution is -2.46. The van der Waals surface area contributed by atoms with Crippen molar-refractivity contribution >= 4 is 25.3 Å². The number of imidazole rings is 1. The van der Waals surface area contributed by atoms with Crippen LogP contribution in [0, 0.1) is 12.3 Å². The Labute approximate surface area is 228 Å². The number of carbonyl (C=O) groups is 1. The number of para-hydroxylation sites is 1. The van der Waals surface area contributed by atoms with Crippen LogP contribution in [0.4, 0.5) is 5.95 Å². The molecule has 0 saturated carbocycles. The number of ether oxygens (including phenoxy) is 2. The third-order valence-electron chi connectivity index (χ3n) is 5.88. The Morgan fingerprint density at radius 2 is 2.05 bits per heavy atom. The second kappa shape index (κ2) is 11.4. The van der Waals surface area contributed by atoms with Crippen LogP contribution in [0.1, 0.15) is 32.6 Å². The van der Waals surface area contributed by atoms with Crippen LogP contribution in [-0.4, -0.2) is 72.3 Å². The molecule has 1 unspecified atom stereocenters. The van der Waals surface area contributed by atoms with Gasteiger partial charge in [-0.1, -0.05) is 24.1 Å². The van der Waals surface area contributed by atoms with E-state index >= 15 is 0 Å². The summed E-state index contributed by atoms with van der Waals surface area (Å²) in [5.74, 6) is 1.46. The molecule has 0 amide bonds. The highest BCUT2D eigenvalue weighted by Gasteiger charge is 2.56. The zero-order valence-electron chi connectivity index (χ0n) is 21.8. The Morgan fingerprint density at radius 3 is 2.70 bits per heavy atom. The third kappa shape index (κ3) is 5.87. The molecule has 2 aromatic heterocycles. The van der Waals surface area contributed by atoms with E-state index in [2.05, 4.69) is 26.1 Å². The molecule has 40 heavy (non-hydrogen) atoms. The van der Waals surface area contributed by atoms with Crippen molar-refractivity contribution in [2.75, 3.05) is 12.3 Å². The Balaban J connectivity index is 1.61. The average Bonchev–Trinajstić information content (AvgIpc) is 3.42. The van der Waals surface area contributed by atoms with Crippen LogP contribution in [0.2, 0.25) is 0 Å². The zero-order valence-corrected chi connectivity index (χ0v) is 22.6. The number of terminal acetylenes is 1. The number of carbonyl (C=O) groups excluding carboxylic acids is 1. The molecule has 1 aliphatic heterocycles. The molecule has 0 radical (unpaired) electrons. The molecule has 3 heterocycles. The van der Waals surface area contributed by atoms with E-state index in [9.17, 15) is 24.4 Å². The maximum atomic E-state index is 13.8. The van der Waals surface area contributed by atoms with Gasteiger partial charge >= 0.3 is 13.7 Å². The second-order valence-electron chi connectivity index (χ2n) is 9.28. The number of hydrogen-bond acceptors (Lipinski definition) is 12. The van der Waals surface area contributed by atoms with Gasteiger partial charge in [-0.25, -0.2) is 14.1 Å². The van der Waals surface area contributed by atoms with Crippen LogP contribution < -0.4 is 20.9 Å². The fourth-order valence-electron chi connectivity index (χ4n) is 3.96. The van der Waals surface area contributed by atoms with Gasteiger partial charge in [0.2, 0.25) is 11.6 Å². The first-order chi connectivity index (χ1) is 18.9. The monoisotopic (exact) mass is 576 g/mol. The fraction of sp³-hybridized carbons (Fsp3) is 0.417. The van der Waals surface area contributed by atoms with Crippen LogP contribution in [0.5, 0.6) is 5.75 Å². The van der Waals surface area contributed by atoms with Gasteiger partial charge < -0.3 is 29.9 Å². The average molecular weight is 577 g/mol. The summed E-state index contributed by atoms with van der Waals surface area (Å²) >= 11 is 0. The molecular weight excluding hydrogens is 547 g/mol. The molecule has 0 spiro atoms. The van der Waals surface area contributed by atoms with Gasteiger partial charge in [-0.2, -0.15) is 5.09 Å². The minimum atomic E-state index is -4.39. The van der Waals surface area contributed by atoms with Crippen molar-refractivity contribution in [1.29, 1.82) is 0 Å². The van der Waals surface area contributed by atoms with Crippen molar-refractivity contribution in [3.05, 3.63) is 52.6 Å². The standard InChI is InChI=1S/C24H29N6O9P/c1-5-24(19(32)17(31)18(38-24)16-11-26-20-21(33)27-23(25)28-30(16)20)12-36-40(35,39-15-9-7-6-8-10-15)29-14(4)22(34)37-13(2)3/h1,6-11,13-14,17-19,31-32H,12H2,2-4H3,(H,29,35)(H3,25,27,28,33)/t14-,17+,18-,19?,24+,40-/m0/s1. The van der Waals surface area contributed by atoms with Gasteiger partial charge in [-0.3, -0.25) is 19.1 Å². The number of benzene rings is 1. The number of fused-ring (bicyclic) bond motifs is 1. The van der Waals surface area contributed by atoms with Crippen molar-refractivity contribution < 1.29 is 38.1 Å². The molecule has 1 aromatic carbocycles. The van der Waals surface area contributed by atoms with E-state index in [1.54, 1.807) is 32.0 Å². The third-order valence-corrected chi connectivity index (χ3v) is 7.50. The predicted molar refractivity (Wildman–Crippen MR) is 140 cm³/mol. The number of nitrogens with two attached hydrogens (primary N) is 1. The number of aliphatic hydroxyl groups excluding tert-OH is 2. The van der Waals surface area contributed by atoms with Crippen molar-refractivity contribution in [2.45, 2.75) is 56.8 Å². The van der Waals surface area contributed by atoms with Crippen molar-refractivity contribution in [3.8, 4) is 18.1 Å². The lowest BCUT2D eigenvalue weighted by Gasteiger charge is -2.29. The number of aliphatic hydroxyl groups is 2. The van der Waals surface area contributed by atoms with E-state index in [4.69, 9.17) is 30.7 Å². The van der Waals surface area contributed by atoms with Gasteiger partial charge in [0.15, 0.2) is 5.60 Å². The summed E-state index contributed by atoms with van der Waals surface area (Å²) in [4.78, 5) is 30.8. The first-order valence-electron chi connectivity index (χ1n) is 12.1. The van der Waals surface area contributed by atoms with Crippen molar-refractivity contribution in [1.82, 2.24) is 24.7 Å². The Morgan fingerprint density at radius 1 is 1.35 bits per heavy atom. The van der Waals surface area contributed by atoms with E-state index in [0.29, 0.717) is 0 Å². The molecule has 0 aliphatic carbocycles. The summed E-state index contributed by atoms with van der Waals surface area (Å²) < 4.78 is 37.1. The van der Waals surface area contributed by atoms with Crippen molar-refractivity contribution in [3.63, 3.8) is 0 Å².